The van der Waals surface area contributed by atoms with Crippen LogP contribution in [0.25, 0.3) is 0 Å². The zero-order valence-corrected chi connectivity index (χ0v) is 11.8. The number of hydrogen-bond acceptors (Lipinski definition) is 3. The van der Waals surface area contributed by atoms with Crippen LogP contribution in [-0.2, 0) is 0 Å². The number of aromatic nitrogens is 1. The maximum absolute atomic E-state index is 6.31. The molecule has 0 aromatic carbocycles. The minimum atomic E-state index is -0.152. The molecular formula is C13H19BrN2O. The van der Waals surface area contributed by atoms with Gasteiger partial charge in [-0.3, -0.25) is 0 Å². The quantitative estimate of drug-likeness (QED) is 0.932. The summed E-state index contributed by atoms with van der Waals surface area (Å²) in [4.78, 5) is 4.23. The molecule has 2 N–H and O–H groups in total. The Morgan fingerprint density at radius 3 is 2.76 bits per heavy atom. The molecule has 2 rings (SSSR count). The number of nitrogens with two attached hydrogens (primary N) is 1. The van der Waals surface area contributed by atoms with Gasteiger partial charge in [0.15, 0.2) is 0 Å². The highest BCUT2D eigenvalue weighted by atomic mass is 79.9. The topological polar surface area (TPSA) is 48.1 Å². The van der Waals surface area contributed by atoms with Gasteiger partial charge in [0.2, 0.25) is 5.88 Å². The van der Waals surface area contributed by atoms with Crippen molar-refractivity contribution in [1.29, 1.82) is 0 Å². The van der Waals surface area contributed by atoms with Crippen LogP contribution in [0, 0.1) is 6.92 Å². The first-order chi connectivity index (χ1) is 8.09. The highest BCUT2D eigenvalue weighted by Gasteiger charge is 2.28. The summed E-state index contributed by atoms with van der Waals surface area (Å²) in [6, 6.07) is 1.94. The monoisotopic (exact) mass is 298 g/mol. The number of nitrogens with zero attached hydrogens (tertiary/aromatic N) is 1. The molecule has 1 aromatic heterocycles. The molecule has 0 atom stereocenters. The molecule has 3 nitrogen and oxygen atoms in total. The molecule has 0 spiro atoms. The normalized spacial score (nSPS) is 19.0. The van der Waals surface area contributed by atoms with E-state index in [2.05, 4.69) is 20.9 Å². The van der Waals surface area contributed by atoms with E-state index in [9.17, 15) is 0 Å². The maximum Gasteiger partial charge on any atom is 0.213 e. The van der Waals surface area contributed by atoms with Crippen molar-refractivity contribution in [3.8, 4) is 5.88 Å². The Hall–Kier alpha value is -0.610. The first-order valence-electron chi connectivity index (χ1n) is 6.13. The predicted molar refractivity (Wildman–Crippen MR) is 72.2 cm³/mol. The summed E-state index contributed by atoms with van der Waals surface area (Å²) in [7, 11) is 0. The van der Waals surface area contributed by atoms with Crippen LogP contribution in [-0.4, -0.2) is 17.1 Å². The summed E-state index contributed by atoms with van der Waals surface area (Å²) in [5, 5.41) is 0. The maximum atomic E-state index is 6.31. The second kappa shape index (κ2) is 5.36. The minimum Gasteiger partial charge on any atom is -0.476 e. The smallest absolute Gasteiger partial charge is 0.213 e. The lowest BCUT2D eigenvalue weighted by Crippen LogP contribution is -2.47. The average Bonchev–Trinajstić information content (AvgIpc) is 2.32. The molecule has 0 radical (unpaired) electrons. The highest BCUT2D eigenvalue weighted by Crippen LogP contribution is 2.27. The van der Waals surface area contributed by atoms with Gasteiger partial charge in [-0.1, -0.05) is 19.3 Å². The summed E-state index contributed by atoms with van der Waals surface area (Å²) >= 11 is 3.42. The second-order valence-electron chi connectivity index (χ2n) is 4.98. The van der Waals surface area contributed by atoms with Crippen LogP contribution >= 0.6 is 15.9 Å². The fraction of sp³-hybridized carbons (Fsp3) is 0.615. The Balaban J connectivity index is 1.94. The molecule has 0 bridgehead atoms. The van der Waals surface area contributed by atoms with Gasteiger partial charge in [-0.15, -0.1) is 0 Å². The predicted octanol–water partition coefficient (Wildman–Crippen LogP) is 3.19. The third-order valence-corrected chi connectivity index (χ3v) is 4.21. The second-order valence-corrected chi connectivity index (χ2v) is 5.84. The summed E-state index contributed by atoms with van der Waals surface area (Å²) in [5.74, 6) is 0.668. The molecular weight excluding hydrogens is 280 g/mol. The van der Waals surface area contributed by atoms with Gasteiger partial charge in [0.1, 0.15) is 6.61 Å². The lowest BCUT2D eigenvalue weighted by molar-refractivity contribution is 0.169. The molecule has 0 unspecified atom stereocenters. The number of hydrogen-bond donors (Lipinski definition) is 1. The Labute approximate surface area is 111 Å². The third-order valence-electron chi connectivity index (χ3n) is 3.38. The zero-order chi connectivity index (χ0) is 12.3. The van der Waals surface area contributed by atoms with Crippen molar-refractivity contribution in [2.24, 2.45) is 5.73 Å². The number of ether oxygens (including phenoxy) is 1. The van der Waals surface area contributed by atoms with Crippen LogP contribution in [0.1, 0.15) is 37.7 Å². The third kappa shape index (κ3) is 3.42. The van der Waals surface area contributed by atoms with E-state index in [1.165, 1.54) is 19.3 Å². The molecule has 1 aromatic rings. The summed E-state index contributed by atoms with van der Waals surface area (Å²) in [6.45, 7) is 2.60. The molecule has 1 heterocycles. The largest absolute Gasteiger partial charge is 0.476 e. The van der Waals surface area contributed by atoms with E-state index in [-0.39, 0.29) is 5.54 Å². The van der Waals surface area contributed by atoms with Gasteiger partial charge in [-0.05, 0) is 41.3 Å². The molecule has 1 aliphatic rings. The molecule has 1 aliphatic carbocycles. The van der Waals surface area contributed by atoms with E-state index in [1.807, 2.05) is 13.0 Å². The SMILES string of the molecule is Cc1cc(OCC2(N)CCCCC2)ncc1Br. The molecule has 0 aliphatic heterocycles. The number of pyridine rings is 1. The van der Waals surface area contributed by atoms with Crippen molar-refractivity contribution < 1.29 is 4.74 Å². The van der Waals surface area contributed by atoms with E-state index in [4.69, 9.17) is 10.5 Å². The van der Waals surface area contributed by atoms with Crippen LogP contribution in [0.2, 0.25) is 0 Å². The van der Waals surface area contributed by atoms with Gasteiger partial charge in [-0.2, -0.15) is 0 Å². The van der Waals surface area contributed by atoms with Crippen molar-refractivity contribution in [1.82, 2.24) is 4.98 Å². The first kappa shape index (κ1) is 12.8. The Kier molecular flexibility index (Phi) is 4.05. The zero-order valence-electron chi connectivity index (χ0n) is 10.2. The number of halogens is 1. The molecule has 94 valence electrons. The van der Waals surface area contributed by atoms with Gasteiger partial charge >= 0.3 is 0 Å². The van der Waals surface area contributed by atoms with Crippen molar-refractivity contribution in [3.05, 3.63) is 22.3 Å². The minimum absolute atomic E-state index is 0.152. The molecule has 1 fully saturated rings. The van der Waals surface area contributed by atoms with Gasteiger partial charge < -0.3 is 10.5 Å². The van der Waals surface area contributed by atoms with Crippen molar-refractivity contribution in [3.63, 3.8) is 0 Å². The van der Waals surface area contributed by atoms with Crippen molar-refractivity contribution in [2.45, 2.75) is 44.6 Å². The lowest BCUT2D eigenvalue weighted by atomic mass is 9.83. The highest BCUT2D eigenvalue weighted by molar-refractivity contribution is 9.10. The van der Waals surface area contributed by atoms with Crippen LogP contribution < -0.4 is 10.5 Å². The standard InChI is InChI=1S/C13H19BrN2O/c1-10-7-12(16-8-11(10)14)17-9-13(15)5-3-2-4-6-13/h7-8H,2-6,9,15H2,1H3. The Bertz CT molecular complexity index is 389. The molecule has 17 heavy (non-hydrogen) atoms. The van der Waals surface area contributed by atoms with Crippen LogP contribution in [0.5, 0.6) is 5.88 Å². The lowest BCUT2D eigenvalue weighted by Gasteiger charge is -2.32. The average molecular weight is 299 g/mol. The van der Waals surface area contributed by atoms with Gasteiger partial charge in [0.05, 0.1) is 5.54 Å². The Morgan fingerprint density at radius 2 is 2.12 bits per heavy atom. The van der Waals surface area contributed by atoms with E-state index in [0.29, 0.717) is 12.5 Å². The first-order valence-corrected chi connectivity index (χ1v) is 6.92. The molecule has 1 saturated carbocycles. The Morgan fingerprint density at radius 1 is 1.41 bits per heavy atom. The van der Waals surface area contributed by atoms with E-state index in [0.717, 1.165) is 22.9 Å². The molecule has 0 amide bonds. The van der Waals surface area contributed by atoms with Crippen LogP contribution in [0.3, 0.4) is 0 Å². The summed E-state index contributed by atoms with van der Waals surface area (Å²) < 4.78 is 6.73. The molecule has 4 heteroatoms. The molecule has 0 saturated heterocycles. The van der Waals surface area contributed by atoms with Gasteiger partial charge in [-0.25, -0.2) is 4.98 Å². The van der Waals surface area contributed by atoms with Gasteiger partial charge in [0, 0.05) is 16.7 Å². The fourth-order valence-corrected chi connectivity index (χ4v) is 2.43. The van der Waals surface area contributed by atoms with E-state index < -0.39 is 0 Å². The van der Waals surface area contributed by atoms with E-state index >= 15 is 0 Å². The summed E-state index contributed by atoms with van der Waals surface area (Å²) in [6.07, 6.45) is 7.62. The fourth-order valence-electron chi connectivity index (χ4n) is 2.21. The van der Waals surface area contributed by atoms with Crippen LogP contribution in [0.4, 0.5) is 0 Å². The summed E-state index contributed by atoms with van der Waals surface area (Å²) in [5.41, 5.74) is 7.29. The number of rotatable bonds is 3. The van der Waals surface area contributed by atoms with Crippen molar-refractivity contribution >= 4 is 15.9 Å². The van der Waals surface area contributed by atoms with Crippen LogP contribution in [0.15, 0.2) is 16.7 Å². The number of aryl methyl sites for hydroxylation is 1. The van der Waals surface area contributed by atoms with Gasteiger partial charge in [0.25, 0.3) is 0 Å². The van der Waals surface area contributed by atoms with Crippen molar-refractivity contribution in [2.75, 3.05) is 6.61 Å². The van der Waals surface area contributed by atoms with E-state index in [1.54, 1.807) is 6.20 Å².